The van der Waals surface area contributed by atoms with Gasteiger partial charge in [-0.1, -0.05) is 29.3 Å². The first-order valence-electron chi connectivity index (χ1n) is 9.82. The Kier molecular flexibility index (Phi) is 5.59. The Morgan fingerprint density at radius 3 is 2.50 bits per heavy atom. The van der Waals surface area contributed by atoms with Gasteiger partial charge in [-0.3, -0.25) is 4.98 Å². The zero-order valence-corrected chi connectivity index (χ0v) is 18.8. The van der Waals surface area contributed by atoms with Crippen molar-refractivity contribution in [3.63, 3.8) is 0 Å². The monoisotopic (exact) mass is 483 g/mol. The third-order valence-corrected chi connectivity index (χ3v) is 6.38. The standard InChI is InChI=1S/C24H16Cl2FN3OS/c25-17-9-4-14(13-18(17)26)20-10-11-21(31-20)23-22(19-3-1-2-12-28-19)29-24(32)30(23)16-7-5-15(27)6-8-16/h1-13,22-23H,(H,29,32)/t22-,23+/m1/s1. The third-order valence-electron chi connectivity index (χ3n) is 5.33. The summed E-state index contributed by atoms with van der Waals surface area (Å²) in [5.41, 5.74) is 2.37. The Morgan fingerprint density at radius 1 is 0.969 bits per heavy atom. The molecular weight excluding hydrogens is 468 g/mol. The Bertz CT molecular complexity index is 1280. The topological polar surface area (TPSA) is 41.3 Å². The first-order valence-corrected chi connectivity index (χ1v) is 11.0. The number of rotatable bonds is 4. The molecule has 1 aliphatic rings. The lowest BCUT2D eigenvalue weighted by Gasteiger charge is -2.26. The maximum absolute atomic E-state index is 13.6. The number of thiocarbonyl (C=S) groups is 1. The highest BCUT2D eigenvalue weighted by molar-refractivity contribution is 7.80. The molecule has 5 rings (SSSR count). The van der Waals surface area contributed by atoms with Crippen LogP contribution in [0.5, 0.6) is 0 Å². The Labute approximate surface area is 199 Å². The summed E-state index contributed by atoms with van der Waals surface area (Å²) in [5, 5.41) is 4.78. The van der Waals surface area contributed by atoms with E-state index in [1.807, 2.05) is 41.3 Å². The van der Waals surface area contributed by atoms with Crippen LogP contribution in [0, 0.1) is 5.82 Å². The van der Waals surface area contributed by atoms with Gasteiger partial charge in [-0.05, 0) is 78.9 Å². The number of benzene rings is 2. The molecule has 4 aromatic rings. The fraction of sp³-hybridized carbons (Fsp3) is 0.0833. The van der Waals surface area contributed by atoms with Crippen molar-refractivity contribution in [1.82, 2.24) is 10.3 Å². The van der Waals surface area contributed by atoms with Crippen LogP contribution in [0.1, 0.15) is 23.5 Å². The molecule has 0 spiro atoms. The van der Waals surface area contributed by atoms with Gasteiger partial charge in [-0.2, -0.15) is 0 Å². The first-order chi connectivity index (χ1) is 15.5. The van der Waals surface area contributed by atoms with Crippen molar-refractivity contribution in [1.29, 1.82) is 0 Å². The second-order valence-corrected chi connectivity index (χ2v) is 8.51. The van der Waals surface area contributed by atoms with E-state index < -0.39 is 0 Å². The van der Waals surface area contributed by atoms with E-state index in [2.05, 4.69) is 10.3 Å². The van der Waals surface area contributed by atoms with Gasteiger partial charge in [0.1, 0.15) is 23.4 Å². The smallest absolute Gasteiger partial charge is 0.174 e. The molecule has 0 unspecified atom stereocenters. The normalized spacial score (nSPS) is 18.1. The van der Waals surface area contributed by atoms with E-state index in [1.165, 1.54) is 12.1 Å². The van der Waals surface area contributed by atoms with Gasteiger partial charge in [-0.15, -0.1) is 0 Å². The van der Waals surface area contributed by atoms with Crippen molar-refractivity contribution in [2.24, 2.45) is 0 Å². The molecule has 1 fully saturated rings. The van der Waals surface area contributed by atoms with Crippen molar-refractivity contribution >= 4 is 46.2 Å². The van der Waals surface area contributed by atoms with Gasteiger partial charge in [-0.25, -0.2) is 4.39 Å². The number of nitrogens with zero attached hydrogens (tertiary/aromatic N) is 2. The molecule has 0 saturated carbocycles. The van der Waals surface area contributed by atoms with E-state index >= 15 is 0 Å². The van der Waals surface area contributed by atoms with Gasteiger partial charge >= 0.3 is 0 Å². The number of halogens is 3. The second kappa shape index (κ2) is 8.54. The minimum atomic E-state index is -0.334. The quantitative estimate of drug-likeness (QED) is 0.317. The zero-order valence-electron chi connectivity index (χ0n) is 16.5. The molecule has 0 aliphatic carbocycles. The van der Waals surface area contributed by atoms with Crippen molar-refractivity contribution < 1.29 is 8.81 Å². The lowest BCUT2D eigenvalue weighted by Crippen LogP contribution is -2.29. The predicted molar refractivity (Wildman–Crippen MR) is 128 cm³/mol. The van der Waals surface area contributed by atoms with Gasteiger partial charge in [0.15, 0.2) is 5.11 Å². The molecule has 1 saturated heterocycles. The summed E-state index contributed by atoms with van der Waals surface area (Å²) < 4.78 is 19.8. The Hall–Kier alpha value is -2.93. The van der Waals surface area contributed by atoms with Crippen LogP contribution in [-0.2, 0) is 0 Å². The van der Waals surface area contributed by atoms with Gasteiger partial charge < -0.3 is 14.6 Å². The number of anilines is 1. The van der Waals surface area contributed by atoms with Gasteiger partial charge in [0.25, 0.3) is 0 Å². The van der Waals surface area contributed by atoms with Crippen LogP contribution in [0.2, 0.25) is 10.0 Å². The molecule has 8 heteroatoms. The summed E-state index contributed by atoms with van der Waals surface area (Å²) in [4.78, 5) is 6.44. The van der Waals surface area contributed by atoms with Crippen LogP contribution in [0.25, 0.3) is 11.3 Å². The molecule has 4 nitrogen and oxygen atoms in total. The molecular formula is C24H16Cl2FN3OS. The van der Waals surface area contributed by atoms with Crippen molar-refractivity contribution in [3.8, 4) is 11.3 Å². The minimum Gasteiger partial charge on any atom is -0.459 e. The Morgan fingerprint density at radius 2 is 1.78 bits per heavy atom. The first kappa shape index (κ1) is 20.9. The molecule has 32 heavy (non-hydrogen) atoms. The van der Waals surface area contributed by atoms with Crippen molar-refractivity contribution in [2.75, 3.05) is 4.90 Å². The van der Waals surface area contributed by atoms with Crippen LogP contribution in [-0.4, -0.2) is 10.1 Å². The van der Waals surface area contributed by atoms with Crippen LogP contribution in [0.3, 0.4) is 0 Å². The van der Waals surface area contributed by atoms with E-state index in [4.69, 9.17) is 39.8 Å². The summed E-state index contributed by atoms with van der Waals surface area (Å²) in [5.74, 6) is 1.01. The maximum Gasteiger partial charge on any atom is 0.174 e. The van der Waals surface area contributed by atoms with E-state index in [9.17, 15) is 4.39 Å². The molecule has 1 aliphatic heterocycles. The van der Waals surface area contributed by atoms with E-state index in [0.29, 0.717) is 26.7 Å². The number of aromatic nitrogens is 1. The second-order valence-electron chi connectivity index (χ2n) is 7.30. The molecule has 0 amide bonds. The maximum atomic E-state index is 13.6. The highest BCUT2D eigenvalue weighted by atomic mass is 35.5. The average molecular weight is 484 g/mol. The zero-order chi connectivity index (χ0) is 22.2. The SMILES string of the molecule is Fc1ccc(N2C(=S)N[C@H](c3ccccn3)[C@@H]2c2ccc(-c3ccc(Cl)c(Cl)c3)o2)cc1. The van der Waals surface area contributed by atoms with Crippen LogP contribution in [0.15, 0.2) is 83.4 Å². The lowest BCUT2D eigenvalue weighted by atomic mass is 10.0. The molecule has 0 radical (unpaired) electrons. The molecule has 160 valence electrons. The number of hydrogen-bond donors (Lipinski definition) is 1. The van der Waals surface area contributed by atoms with E-state index in [1.54, 1.807) is 30.5 Å². The summed E-state index contributed by atoms with van der Waals surface area (Å²) >= 11 is 17.9. The fourth-order valence-electron chi connectivity index (χ4n) is 3.84. The summed E-state index contributed by atoms with van der Waals surface area (Å²) in [7, 11) is 0. The number of pyridine rings is 1. The Balaban J connectivity index is 1.59. The molecule has 1 N–H and O–H groups in total. The highest BCUT2D eigenvalue weighted by Crippen LogP contribution is 2.43. The summed E-state index contributed by atoms with van der Waals surface area (Å²) in [6.07, 6.45) is 1.74. The molecule has 2 atom stereocenters. The largest absolute Gasteiger partial charge is 0.459 e. The van der Waals surface area contributed by atoms with E-state index in [-0.39, 0.29) is 17.9 Å². The summed E-state index contributed by atoms with van der Waals surface area (Å²) in [6, 6.07) is 20.5. The van der Waals surface area contributed by atoms with Crippen LogP contribution < -0.4 is 10.2 Å². The number of hydrogen-bond acceptors (Lipinski definition) is 3. The van der Waals surface area contributed by atoms with Gasteiger partial charge in [0.2, 0.25) is 0 Å². The number of furan rings is 1. The molecule has 2 aromatic heterocycles. The van der Waals surface area contributed by atoms with Gasteiger partial charge in [0.05, 0.1) is 21.8 Å². The molecule has 3 heterocycles. The average Bonchev–Trinajstić information content (AvgIpc) is 3.41. The number of nitrogens with one attached hydrogen (secondary N) is 1. The van der Waals surface area contributed by atoms with E-state index in [0.717, 1.165) is 16.9 Å². The van der Waals surface area contributed by atoms with Gasteiger partial charge in [0, 0.05) is 17.4 Å². The van der Waals surface area contributed by atoms with Crippen LogP contribution >= 0.6 is 35.4 Å². The van der Waals surface area contributed by atoms with Crippen molar-refractivity contribution in [3.05, 3.63) is 106 Å². The van der Waals surface area contributed by atoms with Crippen LogP contribution in [0.4, 0.5) is 10.1 Å². The summed E-state index contributed by atoms with van der Waals surface area (Å²) in [6.45, 7) is 0. The molecule has 2 aromatic carbocycles. The van der Waals surface area contributed by atoms with Crippen molar-refractivity contribution in [2.45, 2.75) is 12.1 Å². The third kappa shape index (κ3) is 3.86. The highest BCUT2D eigenvalue weighted by Gasteiger charge is 2.42. The predicted octanol–water partition coefficient (Wildman–Crippen LogP) is 6.96. The molecule has 0 bridgehead atoms. The lowest BCUT2D eigenvalue weighted by molar-refractivity contribution is 0.439. The fourth-order valence-corrected chi connectivity index (χ4v) is 4.48. The minimum absolute atomic E-state index is 0.262.